The van der Waals surface area contributed by atoms with Crippen LogP contribution in [-0.4, -0.2) is 20.8 Å². The quantitative estimate of drug-likeness (QED) is 0.112. The molecule has 0 N–H and O–H groups in total. The zero-order chi connectivity index (χ0) is 48.4. The van der Waals surface area contributed by atoms with Gasteiger partial charge in [0, 0.05) is 33.0 Å². The van der Waals surface area contributed by atoms with Crippen molar-refractivity contribution in [3.05, 3.63) is 203 Å². The SMILES string of the molecule is C=Pc1cc(-c2ccccc2)nc(-c2cc(-c3cccc(C(F)(F)F)c3)c(-n3c4ccc(-c5ccc(C)cc5C)cc4c4cc(-c5ccc(C)cc5C)ccc43)c(-c3cccc(C(F)(F)F)c3)c2)n1. The largest absolute Gasteiger partial charge is 0.416 e. The summed E-state index contributed by atoms with van der Waals surface area (Å²) >= 11 is 0. The molecule has 0 fully saturated rings. The van der Waals surface area contributed by atoms with Gasteiger partial charge in [-0.15, -0.1) is 0 Å². The standard InChI is InChI=1S/C59H42F6N3P/c1-34-17-21-46(36(3)25-34)41-19-23-53-50(29-41)51-30-42(47-22-18-35(2)26-37(47)4)20-24-54(51)68(53)56-48(39-13-9-15-44(27-39)58(60,61)62)31-43(32-49(56)40-14-10-16-45(28-40)59(63,64)65)57-66-52(33-55(67-57)69-5)38-11-7-6-8-12-38/h6-33H,5H2,1-4H3. The van der Waals surface area contributed by atoms with E-state index in [4.69, 9.17) is 9.97 Å². The van der Waals surface area contributed by atoms with E-state index in [9.17, 15) is 26.3 Å². The first kappa shape index (κ1) is 45.2. The molecule has 0 unspecified atom stereocenters. The van der Waals surface area contributed by atoms with E-state index >= 15 is 0 Å². The zero-order valence-electron chi connectivity index (χ0n) is 37.9. The van der Waals surface area contributed by atoms with Crippen molar-refractivity contribution < 1.29 is 26.3 Å². The van der Waals surface area contributed by atoms with E-state index in [0.717, 1.165) is 85.1 Å². The van der Waals surface area contributed by atoms with Gasteiger partial charge in [-0.1, -0.05) is 129 Å². The van der Waals surface area contributed by atoms with Crippen molar-refractivity contribution in [3.63, 3.8) is 0 Å². The summed E-state index contributed by atoms with van der Waals surface area (Å²) in [5.74, 6) is 0.231. The Bertz CT molecular complexity index is 3480. The highest BCUT2D eigenvalue weighted by molar-refractivity contribution is 7.45. The van der Waals surface area contributed by atoms with E-state index in [-0.39, 0.29) is 17.0 Å². The predicted octanol–water partition coefficient (Wildman–Crippen LogP) is 16.9. The number of halogens is 6. The first-order valence-electron chi connectivity index (χ1n) is 22.2. The minimum absolute atomic E-state index is 0.193. The molecule has 69 heavy (non-hydrogen) atoms. The normalized spacial score (nSPS) is 12.1. The molecule has 2 heterocycles. The van der Waals surface area contributed by atoms with Gasteiger partial charge in [0.05, 0.1) is 39.0 Å². The van der Waals surface area contributed by atoms with Crippen LogP contribution in [0.2, 0.25) is 0 Å². The fourth-order valence-electron chi connectivity index (χ4n) is 9.45. The fourth-order valence-corrected chi connectivity index (χ4v) is 9.83. The number of hydrogen-bond acceptors (Lipinski definition) is 2. The lowest BCUT2D eigenvalue weighted by Gasteiger charge is -2.22. The van der Waals surface area contributed by atoms with Gasteiger partial charge in [-0.2, -0.15) is 26.3 Å². The van der Waals surface area contributed by atoms with Crippen molar-refractivity contribution in [1.29, 1.82) is 0 Å². The number of fused-ring (bicyclic) bond motifs is 3. The maximum Gasteiger partial charge on any atom is 0.416 e. The topological polar surface area (TPSA) is 30.7 Å². The van der Waals surface area contributed by atoms with E-state index in [1.54, 1.807) is 24.3 Å². The highest BCUT2D eigenvalue weighted by Crippen LogP contribution is 2.47. The van der Waals surface area contributed by atoms with Gasteiger partial charge in [-0.3, -0.25) is 0 Å². The average molecular weight is 938 g/mol. The van der Waals surface area contributed by atoms with Gasteiger partial charge in [0.1, 0.15) is 0 Å². The van der Waals surface area contributed by atoms with Crippen LogP contribution in [0.5, 0.6) is 0 Å². The molecule has 10 rings (SSSR count). The third-order valence-corrected chi connectivity index (χ3v) is 13.2. The Hall–Kier alpha value is -7.61. The second-order valence-corrected chi connectivity index (χ2v) is 18.2. The lowest BCUT2D eigenvalue weighted by molar-refractivity contribution is -0.138. The summed E-state index contributed by atoms with van der Waals surface area (Å²) in [6, 6.07) is 49.7. The van der Waals surface area contributed by atoms with Crippen LogP contribution in [0.25, 0.3) is 94.6 Å². The van der Waals surface area contributed by atoms with Gasteiger partial charge in [0.15, 0.2) is 5.82 Å². The fraction of sp³-hybridized carbons (Fsp3) is 0.102. The Kier molecular flexibility index (Phi) is 11.4. The Morgan fingerprint density at radius 2 is 0.913 bits per heavy atom. The van der Waals surface area contributed by atoms with Gasteiger partial charge in [0.2, 0.25) is 0 Å². The molecule has 0 radical (unpaired) electrons. The highest BCUT2D eigenvalue weighted by Gasteiger charge is 2.33. The van der Waals surface area contributed by atoms with E-state index in [2.05, 4.69) is 68.7 Å². The van der Waals surface area contributed by atoms with Crippen LogP contribution in [0.3, 0.4) is 0 Å². The number of nitrogens with zero attached hydrogens (tertiary/aromatic N) is 3. The minimum Gasteiger partial charge on any atom is -0.308 e. The van der Waals surface area contributed by atoms with Crippen LogP contribution in [-0.2, 0) is 12.4 Å². The van der Waals surface area contributed by atoms with Gasteiger partial charge >= 0.3 is 12.4 Å². The third-order valence-electron chi connectivity index (χ3n) is 12.7. The lowest BCUT2D eigenvalue weighted by atomic mass is 9.91. The smallest absolute Gasteiger partial charge is 0.308 e. The number of aryl methyl sites for hydroxylation is 4. The molecule has 340 valence electrons. The van der Waals surface area contributed by atoms with Gasteiger partial charge in [0.25, 0.3) is 0 Å². The number of benzene rings is 8. The number of alkyl halides is 6. The van der Waals surface area contributed by atoms with Crippen molar-refractivity contribution in [2.45, 2.75) is 40.0 Å². The average Bonchev–Trinajstić information content (AvgIpc) is 3.65. The molecule has 10 heteroatoms. The molecule has 0 spiro atoms. The summed E-state index contributed by atoms with van der Waals surface area (Å²) in [6.45, 7) is 8.22. The van der Waals surface area contributed by atoms with Crippen molar-refractivity contribution >= 4 is 41.7 Å². The van der Waals surface area contributed by atoms with Crippen molar-refractivity contribution in [2.75, 3.05) is 0 Å². The molecule has 10 aromatic rings. The van der Waals surface area contributed by atoms with Crippen LogP contribution in [0.1, 0.15) is 33.4 Å². The van der Waals surface area contributed by atoms with E-state index in [0.29, 0.717) is 52.7 Å². The number of aromatic nitrogens is 3. The molecule has 0 amide bonds. The maximum absolute atomic E-state index is 14.7. The number of rotatable bonds is 8. The first-order valence-corrected chi connectivity index (χ1v) is 23.3. The monoisotopic (exact) mass is 937 g/mol. The van der Waals surface area contributed by atoms with Gasteiger partial charge in [-0.25, -0.2) is 9.97 Å². The molecule has 0 saturated heterocycles. The second-order valence-electron chi connectivity index (χ2n) is 17.5. The van der Waals surface area contributed by atoms with Crippen LogP contribution in [0, 0.1) is 27.7 Å². The highest BCUT2D eigenvalue weighted by atomic mass is 31.1. The summed E-state index contributed by atoms with van der Waals surface area (Å²) in [5.41, 5.74) is 11.8. The Morgan fingerprint density at radius 1 is 0.435 bits per heavy atom. The van der Waals surface area contributed by atoms with Crippen molar-refractivity contribution in [3.8, 4) is 72.8 Å². The molecule has 0 bridgehead atoms. The van der Waals surface area contributed by atoms with E-state index in [1.807, 2.05) is 79.1 Å². The lowest BCUT2D eigenvalue weighted by Crippen LogP contribution is -2.08. The van der Waals surface area contributed by atoms with Crippen LogP contribution in [0.15, 0.2) is 170 Å². The summed E-state index contributed by atoms with van der Waals surface area (Å²) in [5, 5.41) is 1.70. The first-order chi connectivity index (χ1) is 33.0. The summed E-state index contributed by atoms with van der Waals surface area (Å²) in [6.07, 6.45) is -5.34. The van der Waals surface area contributed by atoms with Crippen LogP contribution in [0.4, 0.5) is 26.3 Å². The predicted molar refractivity (Wildman–Crippen MR) is 272 cm³/mol. The molecule has 0 aliphatic carbocycles. The summed E-state index contributed by atoms with van der Waals surface area (Å²) < 4.78 is 90.3. The van der Waals surface area contributed by atoms with Gasteiger partial charge in [-0.05, 0) is 139 Å². The Morgan fingerprint density at radius 3 is 1.38 bits per heavy atom. The summed E-state index contributed by atoms with van der Waals surface area (Å²) in [7, 11) is 0.580. The molecule has 3 nitrogen and oxygen atoms in total. The molecule has 0 atom stereocenters. The summed E-state index contributed by atoms with van der Waals surface area (Å²) in [4.78, 5) is 9.86. The van der Waals surface area contributed by atoms with Gasteiger partial charge < -0.3 is 4.57 Å². The Labute approximate surface area is 397 Å². The molecular weight excluding hydrogens is 896 g/mol. The van der Waals surface area contributed by atoms with Crippen LogP contribution < -0.4 is 5.44 Å². The van der Waals surface area contributed by atoms with Crippen molar-refractivity contribution in [2.24, 2.45) is 0 Å². The van der Waals surface area contributed by atoms with Crippen LogP contribution >= 0.6 is 8.20 Å². The molecular formula is C59H42F6N3P. The van der Waals surface area contributed by atoms with E-state index in [1.165, 1.54) is 12.1 Å². The molecule has 2 aromatic heterocycles. The minimum atomic E-state index is -4.70. The van der Waals surface area contributed by atoms with E-state index < -0.39 is 23.5 Å². The third kappa shape index (κ3) is 8.64. The maximum atomic E-state index is 14.7. The van der Waals surface area contributed by atoms with Crippen molar-refractivity contribution in [1.82, 2.24) is 14.5 Å². The molecule has 0 saturated carbocycles. The Balaban J connectivity index is 1.37. The molecule has 0 aliphatic rings. The zero-order valence-corrected chi connectivity index (χ0v) is 38.8. The second kappa shape index (κ2) is 17.5. The molecule has 8 aromatic carbocycles. The molecule has 0 aliphatic heterocycles. The number of hydrogen-bond donors (Lipinski definition) is 0.